The van der Waals surface area contributed by atoms with Crippen LogP contribution in [-0.4, -0.2) is 18.2 Å². The molecule has 2 atom stereocenters. The maximum absolute atomic E-state index is 14.3. The second-order valence-electron chi connectivity index (χ2n) is 5.86. The molecule has 0 aromatic heterocycles. The van der Waals surface area contributed by atoms with Gasteiger partial charge in [0.2, 0.25) is 0 Å². The largest absolute Gasteiger partial charge is 0.465 e. The van der Waals surface area contributed by atoms with E-state index in [0.29, 0.717) is 24.0 Å². The van der Waals surface area contributed by atoms with Crippen LogP contribution in [0.2, 0.25) is 0 Å². The number of methoxy groups -OCH3 is 1. The number of halogens is 1. The summed E-state index contributed by atoms with van der Waals surface area (Å²) in [6.07, 6.45) is 1.57. The molecule has 0 saturated heterocycles. The molecule has 4 heteroatoms. The van der Waals surface area contributed by atoms with Crippen molar-refractivity contribution in [1.82, 2.24) is 0 Å². The van der Waals surface area contributed by atoms with Gasteiger partial charge >= 0.3 is 5.97 Å². The molecule has 0 saturated carbocycles. The third-order valence-corrected chi connectivity index (χ3v) is 4.27. The zero-order chi connectivity index (χ0) is 18.2. The van der Waals surface area contributed by atoms with Gasteiger partial charge in [0.1, 0.15) is 5.83 Å². The average molecular weight is 342 g/mol. The van der Waals surface area contributed by atoms with Gasteiger partial charge in [-0.1, -0.05) is 48.5 Å². The molecule has 0 amide bonds. The van der Waals surface area contributed by atoms with Crippen molar-refractivity contribution in [3.8, 4) is 0 Å². The maximum Gasteiger partial charge on any atom is 0.337 e. The van der Waals surface area contributed by atoms with Gasteiger partial charge in [-0.3, -0.25) is 0 Å². The number of aryl methyl sites for hydroxylation is 1. The van der Waals surface area contributed by atoms with E-state index in [9.17, 15) is 14.3 Å². The number of aliphatic hydroxyl groups excluding tert-OH is 1. The Morgan fingerprint density at radius 3 is 2.36 bits per heavy atom. The Bertz CT molecular complexity index is 708. The van der Waals surface area contributed by atoms with E-state index < -0.39 is 18.0 Å². The number of esters is 1. The van der Waals surface area contributed by atoms with Gasteiger partial charge in [0.05, 0.1) is 18.8 Å². The SMILES string of the molecule is C/C=C(\F)[C@@H](CCc1ccccc1)[C@@H](O)c1ccc(C(=O)OC)cc1. The fourth-order valence-electron chi connectivity index (χ4n) is 2.79. The molecule has 0 spiro atoms. The van der Waals surface area contributed by atoms with Gasteiger partial charge in [-0.15, -0.1) is 0 Å². The molecular weight excluding hydrogens is 319 g/mol. The van der Waals surface area contributed by atoms with Crippen LogP contribution in [0.15, 0.2) is 66.5 Å². The van der Waals surface area contributed by atoms with E-state index in [0.717, 1.165) is 5.56 Å². The molecule has 0 aliphatic heterocycles. The zero-order valence-corrected chi connectivity index (χ0v) is 14.5. The summed E-state index contributed by atoms with van der Waals surface area (Å²) in [5.74, 6) is -1.41. The second kappa shape index (κ2) is 9.14. The summed E-state index contributed by atoms with van der Waals surface area (Å²) in [4.78, 5) is 11.5. The minimum absolute atomic E-state index is 0.333. The van der Waals surface area contributed by atoms with E-state index in [-0.39, 0.29) is 5.83 Å². The lowest BCUT2D eigenvalue weighted by Gasteiger charge is -2.22. The van der Waals surface area contributed by atoms with Crippen molar-refractivity contribution in [1.29, 1.82) is 0 Å². The highest BCUT2D eigenvalue weighted by Gasteiger charge is 2.25. The predicted molar refractivity (Wildman–Crippen MR) is 95.9 cm³/mol. The quantitative estimate of drug-likeness (QED) is 0.746. The fourth-order valence-corrected chi connectivity index (χ4v) is 2.79. The second-order valence-corrected chi connectivity index (χ2v) is 5.86. The summed E-state index contributed by atoms with van der Waals surface area (Å²) in [6.45, 7) is 1.62. The molecule has 2 rings (SSSR count). The topological polar surface area (TPSA) is 46.5 Å². The average Bonchev–Trinajstić information content (AvgIpc) is 2.68. The fraction of sp³-hybridized carbons (Fsp3) is 0.286. The van der Waals surface area contributed by atoms with Crippen molar-refractivity contribution < 1.29 is 19.0 Å². The highest BCUT2D eigenvalue weighted by molar-refractivity contribution is 5.89. The van der Waals surface area contributed by atoms with Gasteiger partial charge in [-0.05, 0) is 43.0 Å². The Labute approximate surface area is 147 Å². The van der Waals surface area contributed by atoms with Crippen LogP contribution in [0.4, 0.5) is 4.39 Å². The molecule has 2 aromatic rings. The van der Waals surface area contributed by atoms with E-state index in [1.165, 1.54) is 13.2 Å². The van der Waals surface area contributed by atoms with Crippen molar-refractivity contribution in [2.45, 2.75) is 25.9 Å². The molecule has 0 radical (unpaired) electrons. The minimum Gasteiger partial charge on any atom is -0.465 e. The molecule has 132 valence electrons. The lowest BCUT2D eigenvalue weighted by atomic mass is 9.88. The molecule has 0 heterocycles. The highest BCUT2D eigenvalue weighted by Crippen LogP contribution is 2.32. The molecule has 1 N–H and O–H groups in total. The summed E-state index contributed by atoms with van der Waals surface area (Å²) < 4.78 is 19.0. The highest BCUT2D eigenvalue weighted by atomic mass is 19.1. The molecule has 2 aromatic carbocycles. The van der Waals surface area contributed by atoms with Crippen LogP contribution in [0, 0.1) is 5.92 Å². The summed E-state index contributed by atoms with van der Waals surface area (Å²) in [7, 11) is 1.31. The van der Waals surface area contributed by atoms with Crippen molar-refractivity contribution >= 4 is 5.97 Å². The first-order valence-corrected chi connectivity index (χ1v) is 8.28. The molecule has 3 nitrogen and oxygen atoms in total. The van der Waals surface area contributed by atoms with Crippen molar-refractivity contribution in [2.24, 2.45) is 5.92 Å². The van der Waals surface area contributed by atoms with Crippen LogP contribution in [-0.2, 0) is 11.2 Å². The van der Waals surface area contributed by atoms with Gasteiger partial charge in [0.25, 0.3) is 0 Å². The standard InChI is InChI=1S/C21H23FO3/c1-3-19(22)18(14-9-15-7-5-4-6-8-15)20(23)16-10-12-17(13-11-16)21(24)25-2/h3-8,10-13,18,20,23H,9,14H2,1-2H3/b19-3-/t18-,20+/m1/s1. The van der Waals surface area contributed by atoms with E-state index in [1.54, 1.807) is 31.2 Å². The van der Waals surface area contributed by atoms with Crippen LogP contribution in [0.1, 0.15) is 40.9 Å². The van der Waals surface area contributed by atoms with Gasteiger partial charge < -0.3 is 9.84 Å². The number of rotatable bonds is 7. The normalized spacial score (nSPS) is 14.0. The first-order chi connectivity index (χ1) is 12.1. The molecule has 25 heavy (non-hydrogen) atoms. The lowest BCUT2D eigenvalue weighted by molar-refractivity contribution is 0.0600. The van der Waals surface area contributed by atoms with Gasteiger partial charge in [-0.25, -0.2) is 9.18 Å². The maximum atomic E-state index is 14.3. The Hall–Kier alpha value is -2.46. The molecule has 0 aliphatic rings. The number of hydrogen-bond donors (Lipinski definition) is 1. The summed E-state index contributed by atoms with van der Waals surface area (Å²) in [5, 5.41) is 10.6. The number of allylic oxidation sites excluding steroid dienone is 1. The van der Waals surface area contributed by atoms with E-state index in [2.05, 4.69) is 4.74 Å². The monoisotopic (exact) mass is 342 g/mol. The lowest BCUT2D eigenvalue weighted by Crippen LogP contribution is -2.15. The minimum atomic E-state index is -0.980. The van der Waals surface area contributed by atoms with E-state index >= 15 is 0 Å². The number of hydrogen-bond acceptors (Lipinski definition) is 3. The summed E-state index contributed by atoms with van der Waals surface area (Å²) in [6, 6.07) is 16.2. The first-order valence-electron chi connectivity index (χ1n) is 8.28. The smallest absolute Gasteiger partial charge is 0.337 e. The van der Waals surface area contributed by atoms with E-state index in [4.69, 9.17) is 0 Å². The summed E-state index contributed by atoms with van der Waals surface area (Å²) >= 11 is 0. The Morgan fingerprint density at radius 1 is 1.16 bits per heavy atom. The van der Waals surface area contributed by atoms with Crippen LogP contribution in [0.3, 0.4) is 0 Å². The third-order valence-electron chi connectivity index (χ3n) is 4.27. The Kier molecular flexibility index (Phi) is 6.90. The first kappa shape index (κ1) is 18.9. The summed E-state index contributed by atoms with van der Waals surface area (Å²) in [5.41, 5.74) is 2.07. The number of benzene rings is 2. The Balaban J connectivity index is 2.15. The van der Waals surface area contributed by atoms with Crippen LogP contribution < -0.4 is 0 Å². The zero-order valence-electron chi connectivity index (χ0n) is 14.5. The molecule has 0 bridgehead atoms. The third kappa shape index (κ3) is 5.00. The number of aliphatic hydroxyl groups is 1. The Morgan fingerprint density at radius 2 is 1.80 bits per heavy atom. The number of carbonyl (C=O) groups excluding carboxylic acids is 1. The van der Waals surface area contributed by atoms with Crippen LogP contribution >= 0.6 is 0 Å². The number of carbonyl (C=O) groups is 1. The van der Waals surface area contributed by atoms with Crippen molar-refractivity contribution in [3.63, 3.8) is 0 Å². The molecule has 0 fully saturated rings. The van der Waals surface area contributed by atoms with Crippen LogP contribution in [0.5, 0.6) is 0 Å². The van der Waals surface area contributed by atoms with Crippen molar-refractivity contribution in [2.75, 3.05) is 7.11 Å². The predicted octanol–water partition coefficient (Wildman–Crippen LogP) is 4.63. The van der Waals surface area contributed by atoms with Gasteiger partial charge in [0.15, 0.2) is 0 Å². The van der Waals surface area contributed by atoms with Crippen LogP contribution in [0.25, 0.3) is 0 Å². The molecule has 0 aliphatic carbocycles. The molecule has 0 unspecified atom stereocenters. The van der Waals surface area contributed by atoms with Gasteiger partial charge in [-0.2, -0.15) is 0 Å². The van der Waals surface area contributed by atoms with Gasteiger partial charge in [0, 0.05) is 5.92 Å². The number of ether oxygens (including phenoxy) is 1. The molecular formula is C21H23FO3. The van der Waals surface area contributed by atoms with E-state index in [1.807, 2.05) is 30.3 Å². The van der Waals surface area contributed by atoms with Crippen molar-refractivity contribution in [3.05, 3.63) is 83.2 Å².